The summed E-state index contributed by atoms with van der Waals surface area (Å²) < 4.78 is 1.77. The average Bonchev–Trinajstić information content (AvgIpc) is 3.17. The van der Waals surface area contributed by atoms with Crippen molar-refractivity contribution >= 4 is 22.9 Å². The number of carbonyl (C=O) groups is 1. The van der Waals surface area contributed by atoms with Gasteiger partial charge in [0.25, 0.3) is 0 Å². The summed E-state index contributed by atoms with van der Waals surface area (Å²) in [5.74, 6) is -0.0754. The van der Waals surface area contributed by atoms with Crippen LogP contribution in [-0.4, -0.2) is 20.4 Å². The van der Waals surface area contributed by atoms with Gasteiger partial charge in [0, 0.05) is 23.0 Å². The van der Waals surface area contributed by atoms with Crippen LogP contribution in [-0.2, 0) is 17.8 Å². The van der Waals surface area contributed by atoms with Crippen molar-refractivity contribution in [3.63, 3.8) is 0 Å². The van der Waals surface area contributed by atoms with Crippen LogP contribution >= 0.6 is 11.3 Å². The molecule has 0 aliphatic heterocycles. The van der Waals surface area contributed by atoms with Gasteiger partial charge in [0.05, 0.1) is 6.33 Å². The lowest BCUT2D eigenvalue weighted by Crippen LogP contribution is -2.17. The number of imidazole rings is 1. The first kappa shape index (κ1) is 15.4. The van der Waals surface area contributed by atoms with Crippen LogP contribution in [0.15, 0.2) is 42.2 Å². The molecule has 0 radical (unpaired) electrons. The highest BCUT2D eigenvalue weighted by Gasteiger charge is 2.09. The Balaban J connectivity index is 1.62. The molecule has 3 aromatic rings. The van der Waals surface area contributed by atoms with Crippen LogP contribution < -0.4 is 5.32 Å². The summed E-state index contributed by atoms with van der Waals surface area (Å²) in [7, 11) is 0. The Bertz CT molecular complexity index is 804. The summed E-state index contributed by atoms with van der Waals surface area (Å²) in [6.45, 7) is 4.29. The second-order valence-corrected chi connectivity index (χ2v) is 6.18. The van der Waals surface area contributed by atoms with Crippen LogP contribution in [0, 0.1) is 6.92 Å². The van der Waals surface area contributed by atoms with Crippen molar-refractivity contribution in [3.8, 4) is 10.7 Å². The summed E-state index contributed by atoms with van der Waals surface area (Å²) in [6.07, 6.45) is 4.49. The van der Waals surface area contributed by atoms with Crippen molar-refractivity contribution in [2.24, 2.45) is 0 Å². The molecule has 118 valence electrons. The highest BCUT2D eigenvalue weighted by Crippen LogP contribution is 2.21. The smallest absolute Gasteiger partial charge is 0.244 e. The number of rotatable bonds is 5. The number of nitrogens with zero attached hydrogens (tertiary/aromatic N) is 3. The van der Waals surface area contributed by atoms with Gasteiger partial charge in [-0.25, -0.2) is 9.97 Å². The molecule has 1 N–H and O–H groups in total. The highest BCUT2D eigenvalue weighted by molar-refractivity contribution is 7.13. The van der Waals surface area contributed by atoms with Gasteiger partial charge < -0.3 is 9.88 Å². The third kappa shape index (κ3) is 3.84. The van der Waals surface area contributed by atoms with Crippen LogP contribution in [0.1, 0.15) is 18.2 Å². The molecule has 1 amide bonds. The molecule has 0 spiro atoms. The van der Waals surface area contributed by atoms with Gasteiger partial charge in [-0.2, -0.15) is 0 Å². The molecule has 2 aromatic heterocycles. The number of anilines is 1. The topological polar surface area (TPSA) is 59.8 Å². The first-order chi connectivity index (χ1) is 11.1. The normalized spacial score (nSPS) is 10.7. The Labute approximate surface area is 139 Å². The number of benzene rings is 1. The molecule has 23 heavy (non-hydrogen) atoms. The summed E-state index contributed by atoms with van der Waals surface area (Å²) in [5, 5.41) is 5.75. The van der Waals surface area contributed by atoms with E-state index in [1.807, 2.05) is 42.8 Å². The minimum atomic E-state index is -0.0754. The molecule has 6 heteroatoms. The molecule has 2 heterocycles. The largest absolute Gasteiger partial charge is 0.327 e. The van der Waals surface area contributed by atoms with E-state index >= 15 is 0 Å². The lowest BCUT2D eigenvalue weighted by Gasteiger charge is -2.06. The predicted molar refractivity (Wildman–Crippen MR) is 92.5 cm³/mol. The van der Waals surface area contributed by atoms with E-state index in [9.17, 15) is 4.79 Å². The number of thiazole rings is 1. The monoisotopic (exact) mass is 326 g/mol. The van der Waals surface area contributed by atoms with E-state index in [0.717, 1.165) is 28.5 Å². The van der Waals surface area contributed by atoms with Gasteiger partial charge in [-0.15, -0.1) is 11.3 Å². The van der Waals surface area contributed by atoms with Gasteiger partial charge in [-0.1, -0.05) is 19.1 Å². The zero-order valence-electron chi connectivity index (χ0n) is 13.1. The molecule has 0 fully saturated rings. The van der Waals surface area contributed by atoms with Gasteiger partial charge in [-0.05, 0) is 31.0 Å². The molecule has 0 unspecified atom stereocenters. The summed E-state index contributed by atoms with van der Waals surface area (Å²) >= 11 is 1.55. The number of nitrogens with one attached hydrogen (secondary N) is 1. The molecular weight excluding hydrogens is 308 g/mol. The van der Waals surface area contributed by atoms with Gasteiger partial charge in [-0.3, -0.25) is 4.79 Å². The Morgan fingerprint density at radius 1 is 1.30 bits per heavy atom. The van der Waals surface area contributed by atoms with Crippen molar-refractivity contribution in [2.45, 2.75) is 26.8 Å². The maximum atomic E-state index is 12.1. The quantitative estimate of drug-likeness (QED) is 0.780. The molecule has 5 nitrogen and oxygen atoms in total. The van der Waals surface area contributed by atoms with Crippen molar-refractivity contribution in [3.05, 3.63) is 53.4 Å². The van der Waals surface area contributed by atoms with Gasteiger partial charge in [0.15, 0.2) is 0 Å². The van der Waals surface area contributed by atoms with Crippen molar-refractivity contribution in [1.29, 1.82) is 0 Å². The van der Waals surface area contributed by atoms with Crippen LogP contribution in [0.4, 0.5) is 5.69 Å². The first-order valence-corrected chi connectivity index (χ1v) is 8.35. The van der Waals surface area contributed by atoms with E-state index in [-0.39, 0.29) is 12.5 Å². The van der Waals surface area contributed by atoms with Crippen LogP contribution in [0.3, 0.4) is 0 Å². The minimum absolute atomic E-state index is 0.0754. The fourth-order valence-electron chi connectivity index (χ4n) is 2.22. The second-order valence-electron chi connectivity index (χ2n) is 5.32. The maximum Gasteiger partial charge on any atom is 0.244 e. The molecule has 0 aliphatic carbocycles. The van der Waals surface area contributed by atoms with Crippen LogP contribution in [0.25, 0.3) is 10.7 Å². The third-order valence-electron chi connectivity index (χ3n) is 3.44. The zero-order chi connectivity index (χ0) is 16.2. The fraction of sp³-hybridized carbons (Fsp3) is 0.235. The van der Waals surface area contributed by atoms with E-state index in [0.29, 0.717) is 0 Å². The molecule has 0 aliphatic rings. The summed E-state index contributed by atoms with van der Waals surface area (Å²) in [5.41, 5.74) is 3.83. The van der Waals surface area contributed by atoms with Gasteiger partial charge in [0.1, 0.15) is 17.2 Å². The average molecular weight is 326 g/mol. The number of hydrogen-bond acceptors (Lipinski definition) is 4. The lowest BCUT2D eigenvalue weighted by molar-refractivity contribution is -0.116. The molecule has 1 aromatic carbocycles. The molecule has 0 saturated heterocycles. The Morgan fingerprint density at radius 3 is 2.74 bits per heavy atom. The molecule has 0 bridgehead atoms. The van der Waals surface area contributed by atoms with Crippen molar-refractivity contribution < 1.29 is 4.79 Å². The fourth-order valence-corrected chi connectivity index (χ4v) is 2.98. The van der Waals surface area contributed by atoms with Gasteiger partial charge >= 0.3 is 0 Å². The maximum absolute atomic E-state index is 12.1. The third-order valence-corrected chi connectivity index (χ3v) is 4.43. The van der Waals surface area contributed by atoms with E-state index in [2.05, 4.69) is 22.2 Å². The Kier molecular flexibility index (Phi) is 4.52. The predicted octanol–water partition coefficient (Wildman–Crippen LogP) is 3.52. The first-order valence-electron chi connectivity index (χ1n) is 7.47. The number of aromatic nitrogens is 3. The van der Waals surface area contributed by atoms with Crippen molar-refractivity contribution in [1.82, 2.24) is 14.5 Å². The highest BCUT2D eigenvalue weighted by atomic mass is 32.1. The van der Waals surface area contributed by atoms with E-state index in [4.69, 9.17) is 0 Å². The molecular formula is C17H18N4OS. The molecule has 0 saturated carbocycles. The van der Waals surface area contributed by atoms with E-state index in [1.54, 1.807) is 22.2 Å². The number of aryl methyl sites for hydroxylation is 2. The minimum Gasteiger partial charge on any atom is -0.327 e. The standard InChI is InChI=1S/C17H18N4OS/c1-3-13-4-6-14(7-5-13)20-16(22)9-21-8-15(18-11-21)17-19-12(2)10-23-17/h4-8,10-11H,3,9H2,1-2H3,(H,20,22). The number of amides is 1. The molecule has 0 atom stereocenters. The zero-order valence-corrected chi connectivity index (χ0v) is 13.9. The van der Waals surface area contributed by atoms with Crippen molar-refractivity contribution in [2.75, 3.05) is 5.32 Å². The Hall–Kier alpha value is -2.47. The van der Waals surface area contributed by atoms with E-state index < -0.39 is 0 Å². The number of carbonyl (C=O) groups excluding carboxylic acids is 1. The lowest BCUT2D eigenvalue weighted by atomic mass is 10.1. The Morgan fingerprint density at radius 2 is 2.09 bits per heavy atom. The van der Waals surface area contributed by atoms with E-state index in [1.165, 1.54) is 5.56 Å². The second kappa shape index (κ2) is 6.75. The van der Waals surface area contributed by atoms with Crippen LogP contribution in [0.2, 0.25) is 0 Å². The summed E-state index contributed by atoms with van der Waals surface area (Å²) in [4.78, 5) is 20.8. The van der Waals surface area contributed by atoms with Gasteiger partial charge in [0.2, 0.25) is 5.91 Å². The SMILES string of the molecule is CCc1ccc(NC(=O)Cn2cnc(-c3nc(C)cs3)c2)cc1. The van der Waals surface area contributed by atoms with Crippen LogP contribution in [0.5, 0.6) is 0 Å². The molecule has 3 rings (SSSR count). The number of hydrogen-bond donors (Lipinski definition) is 1. The summed E-state index contributed by atoms with van der Waals surface area (Å²) in [6, 6.07) is 7.90.